The van der Waals surface area contributed by atoms with Crippen LogP contribution < -0.4 is 10.1 Å². The van der Waals surface area contributed by atoms with Crippen LogP contribution in [0.4, 0.5) is 10.1 Å². The third-order valence-corrected chi connectivity index (χ3v) is 5.12. The van der Waals surface area contributed by atoms with Crippen molar-refractivity contribution in [2.45, 2.75) is 20.5 Å². The number of hydrogen-bond acceptors (Lipinski definition) is 3. The molecule has 0 atom stereocenters. The van der Waals surface area contributed by atoms with Gasteiger partial charge in [0.25, 0.3) is 5.91 Å². The molecule has 3 rings (SSSR count). The van der Waals surface area contributed by atoms with E-state index < -0.39 is 11.7 Å². The van der Waals surface area contributed by atoms with E-state index in [9.17, 15) is 14.4 Å². The molecule has 4 nitrogen and oxygen atoms in total. The predicted octanol–water partition coefficient (Wildman–Crippen LogP) is 6.22. The lowest BCUT2D eigenvalue weighted by Crippen LogP contribution is -2.13. The van der Waals surface area contributed by atoms with Crippen molar-refractivity contribution >= 4 is 29.3 Å². The molecule has 1 N–H and O–H groups in total. The van der Waals surface area contributed by atoms with Crippen LogP contribution in [-0.4, -0.2) is 5.91 Å². The highest BCUT2D eigenvalue weighted by atomic mass is 35.5. The molecule has 0 spiro atoms. The maximum absolute atomic E-state index is 13.8. The highest BCUT2D eigenvalue weighted by molar-refractivity contribution is 6.31. The van der Waals surface area contributed by atoms with Crippen molar-refractivity contribution in [2.24, 2.45) is 0 Å². The van der Waals surface area contributed by atoms with Gasteiger partial charge in [0.1, 0.15) is 29.8 Å². The fraction of sp³-hybridized carbons (Fsp3) is 0.120. The summed E-state index contributed by atoms with van der Waals surface area (Å²) in [6.07, 6.45) is 1.49. The molecular weight excluding hydrogens is 415 g/mol. The van der Waals surface area contributed by atoms with E-state index >= 15 is 0 Å². The van der Waals surface area contributed by atoms with E-state index in [-0.39, 0.29) is 17.7 Å². The van der Waals surface area contributed by atoms with Crippen molar-refractivity contribution in [2.75, 3.05) is 5.32 Å². The zero-order valence-corrected chi connectivity index (χ0v) is 17.8. The van der Waals surface area contributed by atoms with Crippen LogP contribution in [0.2, 0.25) is 5.02 Å². The Hall–Kier alpha value is -3.62. The molecule has 0 aliphatic rings. The quantitative estimate of drug-likeness (QED) is 0.370. The summed E-state index contributed by atoms with van der Waals surface area (Å²) in [5.74, 6) is -0.407. The number of amides is 1. The molecule has 0 bridgehead atoms. The third kappa shape index (κ3) is 5.71. The van der Waals surface area contributed by atoms with Crippen molar-refractivity contribution in [3.8, 4) is 11.8 Å². The SMILES string of the molecule is Cc1ccc(NC(=O)/C(C#N)=C\c2ccc(OCc3c(F)cccc3Cl)cc2)cc1C. The first-order chi connectivity index (χ1) is 14.9. The molecule has 3 aromatic carbocycles. The van der Waals surface area contributed by atoms with Crippen LogP contribution in [0.15, 0.2) is 66.2 Å². The van der Waals surface area contributed by atoms with Gasteiger partial charge in [-0.1, -0.05) is 35.9 Å². The van der Waals surface area contributed by atoms with Crippen LogP contribution in [0.3, 0.4) is 0 Å². The van der Waals surface area contributed by atoms with Gasteiger partial charge in [-0.3, -0.25) is 4.79 Å². The minimum absolute atomic E-state index is 0.0114. The molecule has 0 unspecified atom stereocenters. The van der Waals surface area contributed by atoms with E-state index in [1.54, 1.807) is 36.4 Å². The van der Waals surface area contributed by atoms with E-state index in [1.807, 2.05) is 32.0 Å². The molecule has 0 saturated heterocycles. The summed E-state index contributed by atoms with van der Waals surface area (Å²) < 4.78 is 19.4. The number of rotatable bonds is 6. The van der Waals surface area contributed by atoms with E-state index in [0.717, 1.165) is 11.1 Å². The number of hydrogen-bond donors (Lipinski definition) is 1. The summed E-state index contributed by atoms with van der Waals surface area (Å²) in [7, 11) is 0. The Labute approximate surface area is 185 Å². The van der Waals surface area contributed by atoms with Crippen molar-refractivity contribution in [3.63, 3.8) is 0 Å². The lowest BCUT2D eigenvalue weighted by Gasteiger charge is -2.09. The number of ether oxygens (including phenoxy) is 1. The zero-order valence-electron chi connectivity index (χ0n) is 17.1. The largest absolute Gasteiger partial charge is 0.489 e. The van der Waals surface area contributed by atoms with E-state index in [0.29, 0.717) is 22.0 Å². The smallest absolute Gasteiger partial charge is 0.266 e. The van der Waals surface area contributed by atoms with Crippen molar-refractivity contribution in [3.05, 3.63) is 99.3 Å². The maximum atomic E-state index is 13.8. The Balaban J connectivity index is 1.68. The number of nitrogens with one attached hydrogen (secondary N) is 1. The number of carbonyl (C=O) groups excluding carboxylic acids is 1. The van der Waals surface area contributed by atoms with Gasteiger partial charge in [0, 0.05) is 11.3 Å². The van der Waals surface area contributed by atoms with Gasteiger partial charge in [0.05, 0.1) is 5.02 Å². The number of aryl methyl sites for hydroxylation is 2. The van der Waals surface area contributed by atoms with Crippen molar-refractivity contribution in [1.29, 1.82) is 5.26 Å². The molecule has 156 valence electrons. The fourth-order valence-corrected chi connectivity index (χ4v) is 3.04. The average molecular weight is 435 g/mol. The third-order valence-electron chi connectivity index (χ3n) is 4.77. The van der Waals surface area contributed by atoms with Crippen molar-refractivity contribution < 1.29 is 13.9 Å². The van der Waals surface area contributed by atoms with Gasteiger partial charge in [0.2, 0.25) is 0 Å². The fourth-order valence-electron chi connectivity index (χ4n) is 2.82. The Morgan fingerprint density at radius 2 is 1.87 bits per heavy atom. The molecule has 0 heterocycles. The molecule has 3 aromatic rings. The Bertz CT molecular complexity index is 1160. The summed E-state index contributed by atoms with van der Waals surface area (Å²) >= 11 is 6.00. The number of nitrogens with zero attached hydrogens (tertiary/aromatic N) is 1. The summed E-state index contributed by atoms with van der Waals surface area (Å²) in [5, 5.41) is 12.4. The molecule has 31 heavy (non-hydrogen) atoms. The second-order valence-electron chi connectivity index (χ2n) is 6.98. The molecule has 0 saturated carbocycles. The molecular formula is C25H20ClFN2O2. The summed E-state index contributed by atoms with van der Waals surface area (Å²) in [6, 6.07) is 18.7. The van der Waals surface area contributed by atoms with Crippen LogP contribution in [-0.2, 0) is 11.4 Å². The van der Waals surface area contributed by atoms with E-state index in [1.165, 1.54) is 18.2 Å². The average Bonchev–Trinajstić information content (AvgIpc) is 2.75. The van der Waals surface area contributed by atoms with E-state index in [4.69, 9.17) is 16.3 Å². The van der Waals surface area contributed by atoms with Gasteiger partial charge < -0.3 is 10.1 Å². The Kier molecular flexibility index (Phi) is 7.07. The summed E-state index contributed by atoms with van der Waals surface area (Å²) in [5.41, 5.74) is 3.71. The molecule has 6 heteroatoms. The van der Waals surface area contributed by atoms with Crippen LogP contribution in [0.5, 0.6) is 5.75 Å². The van der Waals surface area contributed by atoms with Crippen LogP contribution >= 0.6 is 11.6 Å². The molecule has 0 aliphatic heterocycles. The maximum Gasteiger partial charge on any atom is 0.266 e. The summed E-state index contributed by atoms with van der Waals surface area (Å²) in [6.45, 7) is 3.93. The minimum atomic E-state index is -0.486. The lowest BCUT2D eigenvalue weighted by atomic mass is 10.1. The monoisotopic (exact) mass is 434 g/mol. The number of halogens is 2. The van der Waals surface area contributed by atoms with Crippen LogP contribution in [0.1, 0.15) is 22.3 Å². The molecule has 0 fully saturated rings. The van der Waals surface area contributed by atoms with E-state index in [2.05, 4.69) is 5.32 Å². The number of anilines is 1. The first kappa shape index (κ1) is 22.1. The number of carbonyl (C=O) groups is 1. The molecule has 0 radical (unpaired) electrons. The Morgan fingerprint density at radius 3 is 2.52 bits per heavy atom. The Morgan fingerprint density at radius 1 is 1.13 bits per heavy atom. The van der Waals surface area contributed by atoms with Gasteiger partial charge in [-0.25, -0.2) is 4.39 Å². The first-order valence-electron chi connectivity index (χ1n) is 9.53. The molecule has 0 aliphatic carbocycles. The highest BCUT2D eigenvalue weighted by Crippen LogP contribution is 2.22. The van der Waals surface area contributed by atoms with Gasteiger partial charge >= 0.3 is 0 Å². The van der Waals surface area contributed by atoms with Gasteiger partial charge in [-0.15, -0.1) is 0 Å². The topological polar surface area (TPSA) is 62.1 Å². The number of benzene rings is 3. The van der Waals surface area contributed by atoms with Gasteiger partial charge in [-0.05, 0) is 73.0 Å². The van der Waals surface area contributed by atoms with Gasteiger partial charge in [-0.2, -0.15) is 5.26 Å². The first-order valence-corrected chi connectivity index (χ1v) is 9.91. The molecule has 0 aromatic heterocycles. The zero-order chi connectivity index (χ0) is 22.4. The van der Waals surface area contributed by atoms with Crippen molar-refractivity contribution in [1.82, 2.24) is 0 Å². The summed E-state index contributed by atoms with van der Waals surface area (Å²) in [4.78, 5) is 12.5. The predicted molar refractivity (Wildman–Crippen MR) is 120 cm³/mol. The second-order valence-corrected chi connectivity index (χ2v) is 7.39. The lowest BCUT2D eigenvalue weighted by molar-refractivity contribution is -0.112. The second kappa shape index (κ2) is 9.92. The van der Waals surface area contributed by atoms with Crippen LogP contribution in [0, 0.1) is 31.0 Å². The van der Waals surface area contributed by atoms with Gasteiger partial charge in [0.15, 0.2) is 0 Å². The number of nitriles is 1. The molecule has 1 amide bonds. The standard InChI is InChI=1S/C25H20ClFN2O2/c1-16-6-9-20(12-17(16)2)29-25(30)19(14-28)13-18-7-10-21(11-8-18)31-15-22-23(26)4-3-5-24(22)27/h3-13H,15H2,1-2H3,(H,29,30)/b19-13-. The van der Waals surface area contributed by atoms with Crippen LogP contribution in [0.25, 0.3) is 6.08 Å². The normalized spacial score (nSPS) is 11.0. The minimum Gasteiger partial charge on any atom is -0.489 e. The highest BCUT2D eigenvalue weighted by Gasteiger charge is 2.11.